The molecule has 8 rings (SSSR count). The van der Waals surface area contributed by atoms with E-state index in [2.05, 4.69) is 17.2 Å². The van der Waals surface area contributed by atoms with Gasteiger partial charge in [-0.05, 0) is 64.9 Å². The summed E-state index contributed by atoms with van der Waals surface area (Å²) < 4.78 is 6.42. The van der Waals surface area contributed by atoms with Crippen LogP contribution in [0.1, 0.15) is 84.5 Å². The fourth-order valence-electron chi connectivity index (χ4n) is 9.42. The highest BCUT2D eigenvalue weighted by atomic mass is 16.6. The van der Waals surface area contributed by atoms with Crippen LogP contribution in [0.15, 0.2) is 116 Å². The van der Waals surface area contributed by atoms with Crippen molar-refractivity contribution < 1.29 is 29.3 Å². The zero-order chi connectivity index (χ0) is 36.0. The molecule has 4 aromatic rings. The van der Waals surface area contributed by atoms with E-state index >= 15 is 4.79 Å². The summed E-state index contributed by atoms with van der Waals surface area (Å²) in [6, 6.07) is 28.8. The van der Waals surface area contributed by atoms with E-state index in [0.717, 1.165) is 36.8 Å². The number of hydrogen-bond acceptors (Lipinski definition) is 7. The van der Waals surface area contributed by atoms with Crippen LogP contribution in [0.3, 0.4) is 0 Å². The number of fused-ring (bicyclic) bond motifs is 3. The van der Waals surface area contributed by atoms with Gasteiger partial charge in [0.2, 0.25) is 11.8 Å². The van der Waals surface area contributed by atoms with Gasteiger partial charge in [-0.3, -0.25) is 19.3 Å². The minimum atomic E-state index is -1.66. The molecule has 4 aromatic carbocycles. The third-order valence-electron chi connectivity index (χ3n) is 11.7. The Morgan fingerprint density at radius 2 is 1.52 bits per heavy atom. The minimum Gasteiger partial charge on any atom is -0.508 e. The third-order valence-corrected chi connectivity index (χ3v) is 11.7. The predicted octanol–water partition coefficient (Wildman–Crippen LogP) is 6.51. The molecule has 3 aliphatic heterocycles. The van der Waals surface area contributed by atoms with Gasteiger partial charge < -0.3 is 25.6 Å². The topological polar surface area (TPSA) is 128 Å². The van der Waals surface area contributed by atoms with Crippen LogP contribution in [0.4, 0.5) is 5.69 Å². The van der Waals surface area contributed by atoms with E-state index in [-0.39, 0.29) is 12.3 Å². The highest BCUT2D eigenvalue weighted by Crippen LogP contribution is 2.65. The lowest BCUT2D eigenvalue weighted by atomic mass is 9.64. The number of aromatic hydroxyl groups is 1. The first-order chi connectivity index (χ1) is 25.3. The number of ether oxygens (including phenoxy) is 1. The van der Waals surface area contributed by atoms with Crippen LogP contribution in [-0.4, -0.2) is 45.5 Å². The molecule has 9 nitrogen and oxygen atoms in total. The molecule has 2 saturated heterocycles. The average Bonchev–Trinajstić information content (AvgIpc) is 3.53. The van der Waals surface area contributed by atoms with Crippen molar-refractivity contribution in [3.05, 3.63) is 144 Å². The molecule has 0 bridgehead atoms. The molecule has 1 spiro atoms. The van der Waals surface area contributed by atoms with Gasteiger partial charge in [-0.15, -0.1) is 6.58 Å². The molecule has 6 atom stereocenters. The summed E-state index contributed by atoms with van der Waals surface area (Å²) in [7, 11) is 0. The number of hydrogen-bond donors (Lipinski definition) is 4. The largest absolute Gasteiger partial charge is 0.508 e. The Morgan fingerprint density at radius 1 is 0.865 bits per heavy atom. The molecule has 2 amide bonds. The standard InChI is InChI=1S/C43H43N3O6/c1-2-25-44-39(48)34-36-40(49)52-37(28-15-9-6-10-16-28)35(27-13-7-5-8-14-27)46(36)38(29-17-20-31(47)21-18-29)43(34)32-26-30(19-22-33(32)45-41(43)50)42(51)23-11-3-4-12-24-42/h2,5-10,13-22,26,34-38,47,51H,1,3-4,11-12,23-25H2,(H,44,48)(H,45,50)/t34?,35-,36-,37+,38+,43-/m1/s1. The highest BCUT2D eigenvalue weighted by Gasteiger charge is 2.74. The molecular formula is C43H43N3O6. The van der Waals surface area contributed by atoms with Crippen LogP contribution in [-0.2, 0) is 30.1 Å². The Labute approximate surface area is 303 Å². The number of nitrogens with zero attached hydrogens (tertiary/aromatic N) is 1. The number of aliphatic hydroxyl groups is 1. The molecule has 0 aromatic heterocycles. The molecule has 4 N–H and O–H groups in total. The average molecular weight is 698 g/mol. The van der Waals surface area contributed by atoms with Crippen LogP contribution in [0, 0.1) is 5.92 Å². The van der Waals surface area contributed by atoms with Gasteiger partial charge >= 0.3 is 5.97 Å². The zero-order valence-electron chi connectivity index (χ0n) is 28.9. The second-order valence-corrected chi connectivity index (χ2v) is 14.6. The minimum absolute atomic E-state index is 0.0431. The van der Waals surface area contributed by atoms with E-state index in [1.54, 1.807) is 30.3 Å². The number of cyclic esters (lactones) is 1. The first-order valence-corrected chi connectivity index (χ1v) is 18.2. The first-order valence-electron chi connectivity index (χ1n) is 18.2. The van der Waals surface area contributed by atoms with Crippen molar-refractivity contribution in [3.8, 4) is 5.75 Å². The Bertz CT molecular complexity index is 1990. The molecule has 4 aliphatic rings. The summed E-state index contributed by atoms with van der Waals surface area (Å²) in [6.45, 7) is 3.92. The number of rotatable bonds is 7. The Kier molecular flexibility index (Phi) is 8.71. The highest BCUT2D eigenvalue weighted by molar-refractivity contribution is 6.12. The summed E-state index contributed by atoms with van der Waals surface area (Å²) in [4.78, 5) is 46.7. The molecule has 3 fully saturated rings. The maximum Gasteiger partial charge on any atom is 0.324 e. The molecule has 0 radical (unpaired) electrons. The first kappa shape index (κ1) is 33.9. The summed E-state index contributed by atoms with van der Waals surface area (Å²) in [6.07, 6.45) is 5.78. The van der Waals surface area contributed by atoms with Gasteiger partial charge in [-0.25, -0.2) is 0 Å². The van der Waals surface area contributed by atoms with Crippen molar-refractivity contribution in [2.45, 2.75) is 73.8 Å². The van der Waals surface area contributed by atoms with Crippen molar-refractivity contribution in [2.24, 2.45) is 5.92 Å². The fraction of sp³-hybridized carbons (Fsp3) is 0.326. The van der Waals surface area contributed by atoms with Crippen molar-refractivity contribution in [1.29, 1.82) is 0 Å². The second kappa shape index (κ2) is 13.4. The third kappa shape index (κ3) is 5.33. The van der Waals surface area contributed by atoms with Crippen LogP contribution in [0.5, 0.6) is 5.75 Å². The van der Waals surface area contributed by atoms with Gasteiger partial charge in [0, 0.05) is 12.2 Å². The normalized spacial score (nSPS) is 27.9. The van der Waals surface area contributed by atoms with Crippen molar-refractivity contribution in [2.75, 3.05) is 11.9 Å². The van der Waals surface area contributed by atoms with Crippen LogP contribution >= 0.6 is 0 Å². The number of esters is 1. The van der Waals surface area contributed by atoms with E-state index in [0.29, 0.717) is 35.2 Å². The summed E-state index contributed by atoms with van der Waals surface area (Å²) in [5.41, 5.74) is 1.27. The quantitative estimate of drug-likeness (QED) is 0.0986. The fourth-order valence-corrected chi connectivity index (χ4v) is 9.42. The Morgan fingerprint density at radius 3 is 2.17 bits per heavy atom. The summed E-state index contributed by atoms with van der Waals surface area (Å²) in [5.74, 6) is -2.72. The number of morpholine rings is 1. The van der Waals surface area contributed by atoms with E-state index in [1.807, 2.05) is 83.8 Å². The summed E-state index contributed by atoms with van der Waals surface area (Å²) >= 11 is 0. The lowest BCUT2D eigenvalue weighted by Crippen LogP contribution is -2.54. The number of carbonyl (C=O) groups is 3. The molecular weight excluding hydrogens is 654 g/mol. The molecule has 3 heterocycles. The lowest BCUT2D eigenvalue weighted by molar-refractivity contribution is -0.178. The zero-order valence-corrected chi connectivity index (χ0v) is 28.9. The summed E-state index contributed by atoms with van der Waals surface area (Å²) in [5, 5.41) is 28.7. The van der Waals surface area contributed by atoms with Gasteiger partial charge in [-0.2, -0.15) is 0 Å². The number of phenolic OH excluding ortho intramolecular Hbond substituents is 1. The molecule has 1 saturated carbocycles. The van der Waals surface area contributed by atoms with Gasteiger partial charge in [-0.1, -0.05) is 111 Å². The van der Waals surface area contributed by atoms with E-state index < -0.39 is 58.9 Å². The number of anilines is 1. The van der Waals surface area contributed by atoms with E-state index in [9.17, 15) is 19.8 Å². The number of phenols is 1. The maximum atomic E-state index is 15.2. The van der Waals surface area contributed by atoms with E-state index in [4.69, 9.17) is 4.74 Å². The van der Waals surface area contributed by atoms with Crippen LogP contribution < -0.4 is 10.6 Å². The number of nitrogens with one attached hydrogen (secondary N) is 2. The number of amides is 2. The SMILES string of the molecule is C=CCNC(=O)C1[C@@H]2C(=O)O[C@@H](c3ccccc3)[C@@H](c3ccccc3)N2[C@@H](c2ccc(O)cc2)[C@]12C(=O)Nc1ccc(C3(O)CCCCCC3)cc12. The van der Waals surface area contributed by atoms with Crippen LogP contribution in [0.2, 0.25) is 0 Å². The molecule has 9 heteroatoms. The van der Waals surface area contributed by atoms with Crippen molar-refractivity contribution in [3.63, 3.8) is 0 Å². The molecule has 52 heavy (non-hydrogen) atoms. The Hall–Kier alpha value is -5.25. The van der Waals surface area contributed by atoms with Gasteiger partial charge in [0.05, 0.1) is 23.6 Å². The number of benzene rings is 4. The number of carbonyl (C=O) groups excluding carboxylic acids is 3. The second-order valence-electron chi connectivity index (χ2n) is 14.6. The smallest absolute Gasteiger partial charge is 0.324 e. The van der Waals surface area contributed by atoms with Gasteiger partial charge in [0.25, 0.3) is 0 Å². The molecule has 1 unspecified atom stereocenters. The van der Waals surface area contributed by atoms with Crippen molar-refractivity contribution in [1.82, 2.24) is 10.2 Å². The lowest BCUT2D eigenvalue weighted by Gasteiger charge is -2.46. The maximum absolute atomic E-state index is 15.2. The van der Waals surface area contributed by atoms with Gasteiger partial charge in [0.1, 0.15) is 23.3 Å². The Balaban J connectivity index is 1.43. The van der Waals surface area contributed by atoms with Gasteiger partial charge in [0.15, 0.2) is 0 Å². The molecule has 1 aliphatic carbocycles. The molecule has 266 valence electrons. The van der Waals surface area contributed by atoms with Crippen LogP contribution in [0.25, 0.3) is 0 Å². The predicted molar refractivity (Wildman–Crippen MR) is 196 cm³/mol. The van der Waals surface area contributed by atoms with Crippen molar-refractivity contribution >= 4 is 23.5 Å². The monoisotopic (exact) mass is 697 g/mol. The van der Waals surface area contributed by atoms with E-state index in [1.165, 1.54) is 0 Å².